The fraction of sp³-hybridized carbons (Fsp3) is 0.750. The second-order valence-corrected chi connectivity index (χ2v) is 6.16. The lowest BCUT2D eigenvalue weighted by atomic mass is 10.1. The van der Waals surface area contributed by atoms with Gasteiger partial charge in [-0.15, -0.1) is 0 Å². The Morgan fingerprint density at radius 2 is 2.00 bits per heavy atom. The number of halogens is 1. The topological polar surface area (TPSA) is 27.1 Å². The van der Waals surface area contributed by atoms with Gasteiger partial charge in [-0.05, 0) is 62.4 Å². The zero-order valence-corrected chi connectivity index (χ0v) is 11.7. The summed E-state index contributed by atoms with van der Waals surface area (Å²) >= 11 is 3.57. The number of rotatable bonds is 2. The third kappa shape index (κ3) is 2.42. The van der Waals surface area contributed by atoms with Crippen LogP contribution in [0, 0.1) is 0 Å². The lowest BCUT2D eigenvalue weighted by Crippen LogP contribution is -2.23. The summed E-state index contributed by atoms with van der Waals surface area (Å²) in [5, 5.41) is 4.37. The zero-order chi connectivity index (χ0) is 11.8. The van der Waals surface area contributed by atoms with Gasteiger partial charge in [0.05, 0.1) is 17.8 Å². The molecule has 1 aliphatic carbocycles. The van der Waals surface area contributed by atoms with Crippen molar-refractivity contribution in [2.75, 3.05) is 0 Å². The Labute approximate surface area is 105 Å². The van der Waals surface area contributed by atoms with Crippen LogP contribution in [0.15, 0.2) is 10.8 Å². The Bertz CT molecular complexity index is 362. The van der Waals surface area contributed by atoms with Crippen molar-refractivity contribution < 1.29 is 4.74 Å². The van der Waals surface area contributed by atoms with Crippen LogP contribution in [0.5, 0.6) is 5.75 Å². The van der Waals surface area contributed by atoms with Crippen molar-refractivity contribution in [3.63, 3.8) is 0 Å². The Kier molecular flexibility index (Phi) is 3.29. The lowest BCUT2D eigenvalue weighted by Gasteiger charge is -2.20. The molecule has 1 heterocycles. The van der Waals surface area contributed by atoms with E-state index in [1.807, 2.05) is 10.9 Å². The molecule has 90 valence electrons. The van der Waals surface area contributed by atoms with Crippen LogP contribution in [0.25, 0.3) is 0 Å². The maximum absolute atomic E-state index is 5.95. The minimum absolute atomic E-state index is 0.0177. The highest BCUT2D eigenvalue weighted by molar-refractivity contribution is 9.10. The fourth-order valence-corrected chi connectivity index (χ4v) is 2.87. The monoisotopic (exact) mass is 286 g/mol. The molecule has 1 aromatic heterocycles. The second kappa shape index (κ2) is 4.40. The molecule has 0 aliphatic heterocycles. The molecule has 0 spiro atoms. The second-order valence-electron chi connectivity index (χ2n) is 5.41. The van der Waals surface area contributed by atoms with E-state index < -0.39 is 0 Å². The Balaban J connectivity index is 2.13. The van der Waals surface area contributed by atoms with Crippen LogP contribution in [0.4, 0.5) is 0 Å². The van der Waals surface area contributed by atoms with Crippen LogP contribution in [0.2, 0.25) is 0 Å². The van der Waals surface area contributed by atoms with Crippen LogP contribution in [0.1, 0.15) is 46.5 Å². The minimum atomic E-state index is -0.0177. The van der Waals surface area contributed by atoms with Gasteiger partial charge in [0.1, 0.15) is 4.60 Å². The highest BCUT2D eigenvalue weighted by Gasteiger charge is 2.23. The summed E-state index contributed by atoms with van der Waals surface area (Å²) in [7, 11) is 0. The number of nitrogens with zero attached hydrogens (tertiary/aromatic N) is 2. The lowest BCUT2D eigenvalue weighted by molar-refractivity contribution is 0.207. The first-order chi connectivity index (χ1) is 7.48. The van der Waals surface area contributed by atoms with Gasteiger partial charge in [-0.25, -0.2) is 4.68 Å². The van der Waals surface area contributed by atoms with E-state index in [1.54, 1.807) is 0 Å². The van der Waals surface area contributed by atoms with Gasteiger partial charge in [0.25, 0.3) is 0 Å². The van der Waals surface area contributed by atoms with E-state index in [2.05, 4.69) is 41.8 Å². The molecule has 0 bridgehead atoms. The number of hydrogen-bond acceptors (Lipinski definition) is 2. The SMILES string of the molecule is CC(C)(C)n1ncc(OC2CCCC2)c1Br. The molecule has 1 fully saturated rings. The Morgan fingerprint density at radius 1 is 1.38 bits per heavy atom. The minimum Gasteiger partial charge on any atom is -0.486 e. The molecule has 3 nitrogen and oxygen atoms in total. The van der Waals surface area contributed by atoms with Crippen molar-refractivity contribution in [3.8, 4) is 5.75 Å². The van der Waals surface area contributed by atoms with E-state index >= 15 is 0 Å². The van der Waals surface area contributed by atoms with Crippen molar-refractivity contribution in [2.24, 2.45) is 0 Å². The van der Waals surface area contributed by atoms with Crippen molar-refractivity contribution in [3.05, 3.63) is 10.8 Å². The van der Waals surface area contributed by atoms with Gasteiger partial charge in [0.15, 0.2) is 5.75 Å². The molecule has 1 aromatic rings. The van der Waals surface area contributed by atoms with Crippen LogP contribution in [0.3, 0.4) is 0 Å². The van der Waals surface area contributed by atoms with Crippen LogP contribution >= 0.6 is 15.9 Å². The summed E-state index contributed by atoms with van der Waals surface area (Å²) in [6, 6.07) is 0. The Hall–Kier alpha value is -0.510. The molecule has 2 rings (SSSR count). The van der Waals surface area contributed by atoms with Gasteiger partial charge in [0.2, 0.25) is 0 Å². The molecular weight excluding hydrogens is 268 g/mol. The van der Waals surface area contributed by atoms with Crippen molar-refractivity contribution >= 4 is 15.9 Å². The van der Waals surface area contributed by atoms with Gasteiger partial charge in [-0.1, -0.05) is 0 Å². The van der Waals surface area contributed by atoms with Gasteiger partial charge >= 0.3 is 0 Å². The molecule has 0 aromatic carbocycles. The quantitative estimate of drug-likeness (QED) is 0.829. The maximum atomic E-state index is 5.95. The summed E-state index contributed by atoms with van der Waals surface area (Å²) in [4.78, 5) is 0. The molecule has 16 heavy (non-hydrogen) atoms. The number of ether oxygens (including phenoxy) is 1. The van der Waals surface area contributed by atoms with Crippen molar-refractivity contribution in [1.29, 1.82) is 0 Å². The van der Waals surface area contributed by atoms with E-state index in [1.165, 1.54) is 25.7 Å². The summed E-state index contributed by atoms with van der Waals surface area (Å²) in [6.07, 6.45) is 7.12. The van der Waals surface area contributed by atoms with E-state index in [-0.39, 0.29) is 5.54 Å². The predicted molar refractivity (Wildman–Crippen MR) is 67.8 cm³/mol. The predicted octanol–water partition coefficient (Wildman–Crippen LogP) is 3.72. The normalized spacial score (nSPS) is 18.0. The maximum Gasteiger partial charge on any atom is 0.172 e. The molecule has 0 N–H and O–H groups in total. The third-order valence-corrected chi connectivity index (χ3v) is 3.64. The Morgan fingerprint density at radius 3 is 2.50 bits per heavy atom. The third-order valence-electron chi connectivity index (χ3n) is 2.91. The number of hydrogen-bond donors (Lipinski definition) is 0. The van der Waals surface area contributed by atoms with Gasteiger partial charge in [-0.2, -0.15) is 5.10 Å². The summed E-state index contributed by atoms with van der Waals surface area (Å²) in [5.74, 6) is 0.877. The largest absolute Gasteiger partial charge is 0.486 e. The van der Waals surface area contributed by atoms with Gasteiger partial charge in [0, 0.05) is 0 Å². The number of aromatic nitrogens is 2. The van der Waals surface area contributed by atoms with Crippen molar-refractivity contribution in [2.45, 2.75) is 58.1 Å². The molecule has 0 saturated heterocycles. The van der Waals surface area contributed by atoms with Crippen LogP contribution < -0.4 is 4.74 Å². The highest BCUT2D eigenvalue weighted by atomic mass is 79.9. The van der Waals surface area contributed by atoms with Gasteiger partial charge in [-0.3, -0.25) is 0 Å². The summed E-state index contributed by atoms with van der Waals surface area (Å²) < 4.78 is 8.86. The first kappa shape index (κ1) is 12.0. The van der Waals surface area contributed by atoms with Gasteiger partial charge < -0.3 is 4.74 Å². The summed E-state index contributed by atoms with van der Waals surface area (Å²) in [5.41, 5.74) is -0.0177. The first-order valence-electron chi connectivity index (χ1n) is 5.89. The van der Waals surface area contributed by atoms with Crippen LogP contribution in [-0.4, -0.2) is 15.9 Å². The van der Waals surface area contributed by atoms with Crippen LogP contribution in [-0.2, 0) is 5.54 Å². The van der Waals surface area contributed by atoms with E-state index in [9.17, 15) is 0 Å². The molecule has 4 heteroatoms. The zero-order valence-electron chi connectivity index (χ0n) is 10.2. The highest BCUT2D eigenvalue weighted by Crippen LogP contribution is 2.32. The standard InChI is InChI=1S/C12H19BrN2O/c1-12(2,3)15-11(13)10(8-14-15)16-9-6-4-5-7-9/h8-9H,4-7H2,1-3H3. The summed E-state index contributed by atoms with van der Waals surface area (Å²) in [6.45, 7) is 6.39. The molecule has 0 radical (unpaired) electrons. The average Bonchev–Trinajstić information content (AvgIpc) is 2.76. The van der Waals surface area contributed by atoms with Crippen molar-refractivity contribution in [1.82, 2.24) is 9.78 Å². The molecule has 0 atom stereocenters. The molecular formula is C12H19BrN2O. The molecule has 1 aliphatic rings. The molecule has 0 amide bonds. The van der Waals surface area contributed by atoms with E-state index in [0.29, 0.717) is 6.10 Å². The molecule has 1 saturated carbocycles. The average molecular weight is 287 g/mol. The smallest absolute Gasteiger partial charge is 0.172 e. The van der Waals surface area contributed by atoms with E-state index in [4.69, 9.17) is 4.74 Å². The first-order valence-corrected chi connectivity index (χ1v) is 6.68. The molecule has 0 unspecified atom stereocenters. The fourth-order valence-electron chi connectivity index (χ4n) is 2.05. The van der Waals surface area contributed by atoms with E-state index in [0.717, 1.165) is 10.4 Å².